The fourth-order valence-electron chi connectivity index (χ4n) is 3.87. The number of amides is 4. The van der Waals surface area contributed by atoms with Crippen molar-refractivity contribution in [3.05, 3.63) is 0 Å². The third kappa shape index (κ3) is 14.2. The first-order chi connectivity index (χ1) is 19.6. The molecule has 0 radical (unpaired) electrons. The molecule has 0 aliphatic rings. The second-order valence-corrected chi connectivity index (χ2v) is 12.0. The van der Waals surface area contributed by atoms with Gasteiger partial charge in [-0.1, -0.05) is 48.0 Å². The Morgan fingerprint density at radius 2 is 1.29 bits per heavy atom. The SMILES string of the molecule is CC[C@H](C)[C@H](N)C(=O)N[C@H](CCCN=C(N)N)C(=O)N[C@H](C(=O)N[C@@H](C(=O)N[C@H](CCSC)C(=O)O)C(C)C)C(C)C. The van der Waals surface area contributed by atoms with Crippen molar-refractivity contribution >= 4 is 47.3 Å². The van der Waals surface area contributed by atoms with Gasteiger partial charge in [-0.2, -0.15) is 11.8 Å². The molecule has 0 unspecified atom stereocenters. The summed E-state index contributed by atoms with van der Waals surface area (Å²) >= 11 is 1.45. The van der Waals surface area contributed by atoms with Crippen LogP contribution in [0.1, 0.15) is 67.2 Å². The second-order valence-electron chi connectivity index (χ2n) is 11.1. The number of nitrogens with two attached hydrogens (primary N) is 3. The van der Waals surface area contributed by atoms with Crippen LogP contribution in [0.4, 0.5) is 0 Å². The summed E-state index contributed by atoms with van der Waals surface area (Å²) in [5.74, 6) is -3.98. The summed E-state index contributed by atoms with van der Waals surface area (Å²) in [7, 11) is 0. The number of carbonyl (C=O) groups excluding carboxylic acids is 4. The number of nitrogens with zero attached hydrogens (tertiary/aromatic N) is 1. The van der Waals surface area contributed by atoms with Gasteiger partial charge in [0.05, 0.1) is 6.04 Å². The minimum absolute atomic E-state index is 0.0990. The Hall–Kier alpha value is -3.07. The predicted octanol–water partition coefficient (Wildman–Crippen LogP) is -0.498. The maximum Gasteiger partial charge on any atom is 0.326 e. The van der Waals surface area contributed by atoms with Crippen LogP contribution in [-0.4, -0.2) is 89.4 Å². The Labute approximate surface area is 253 Å². The summed E-state index contributed by atoms with van der Waals surface area (Å²) in [5.41, 5.74) is 16.8. The van der Waals surface area contributed by atoms with E-state index < -0.39 is 65.7 Å². The number of thioether (sulfide) groups is 1. The molecule has 0 fully saturated rings. The van der Waals surface area contributed by atoms with Crippen LogP contribution in [0.25, 0.3) is 0 Å². The quantitative estimate of drug-likeness (QED) is 0.0495. The molecule has 0 aromatic heterocycles. The van der Waals surface area contributed by atoms with Crippen molar-refractivity contribution in [2.75, 3.05) is 18.6 Å². The first-order valence-corrected chi connectivity index (χ1v) is 15.7. The molecule has 0 aromatic rings. The summed E-state index contributed by atoms with van der Waals surface area (Å²) in [5, 5.41) is 20.1. The minimum atomic E-state index is -1.17. The zero-order valence-corrected chi connectivity index (χ0v) is 26.8. The predicted molar refractivity (Wildman–Crippen MR) is 165 cm³/mol. The fraction of sp³-hybridized carbons (Fsp3) is 0.778. The number of carboxylic acid groups (broad SMARTS) is 1. The number of guanidine groups is 1. The maximum atomic E-state index is 13.4. The number of nitrogens with one attached hydrogen (secondary N) is 4. The highest BCUT2D eigenvalue weighted by atomic mass is 32.2. The van der Waals surface area contributed by atoms with E-state index in [4.69, 9.17) is 17.2 Å². The van der Waals surface area contributed by atoms with Crippen molar-refractivity contribution in [3.63, 3.8) is 0 Å². The number of carbonyl (C=O) groups is 5. The molecule has 0 rings (SSSR count). The van der Waals surface area contributed by atoms with Gasteiger partial charge in [0, 0.05) is 6.54 Å². The van der Waals surface area contributed by atoms with E-state index >= 15 is 0 Å². The van der Waals surface area contributed by atoms with Gasteiger partial charge in [0.1, 0.15) is 24.2 Å². The number of rotatable bonds is 20. The third-order valence-corrected chi connectivity index (χ3v) is 7.50. The van der Waals surface area contributed by atoms with E-state index in [0.717, 1.165) is 0 Å². The largest absolute Gasteiger partial charge is 0.480 e. The van der Waals surface area contributed by atoms with Crippen LogP contribution in [0.5, 0.6) is 0 Å². The van der Waals surface area contributed by atoms with Gasteiger partial charge < -0.3 is 43.6 Å². The van der Waals surface area contributed by atoms with Gasteiger partial charge in [-0.05, 0) is 49.0 Å². The van der Waals surface area contributed by atoms with Crippen LogP contribution in [0.3, 0.4) is 0 Å². The minimum Gasteiger partial charge on any atom is -0.480 e. The van der Waals surface area contributed by atoms with E-state index in [1.165, 1.54) is 11.8 Å². The van der Waals surface area contributed by atoms with Gasteiger partial charge in [0.25, 0.3) is 0 Å². The van der Waals surface area contributed by atoms with Gasteiger partial charge in [0.15, 0.2) is 5.96 Å². The van der Waals surface area contributed by atoms with Crippen molar-refractivity contribution in [1.82, 2.24) is 21.3 Å². The fourth-order valence-corrected chi connectivity index (χ4v) is 4.35. The zero-order chi connectivity index (χ0) is 32.6. The molecular formula is C27H52N8O6S. The van der Waals surface area contributed by atoms with Gasteiger partial charge in [-0.25, -0.2) is 4.79 Å². The molecule has 0 heterocycles. The molecule has 14 nitrogen and oxygen atoms in total. The van der Waals surface area contributed by atoms with Crippen LogP contribution in [0, 0.1) is 17.8 Å². The molecule has 0 saturated heterocycles. The monoisotopic (exact) mass is 616 g/mol. The highest BCUT2D eigenvalue weighted by Crippen LogP contribution is 2.11. The summed E-state index contributed by atoms with van der Waals surface area (Å²) in [4.78, 5) is 68.1. The molecule has 6 atom stereocenters. The lowest BCUT2D eigenvalue weighted by Gasteiger charge is -2.29. The molecule has 0 bridgehead atoms. The standard InChI is InChI=1S/C27H52N8O6S/c1-8-16(6)19(28)23(37)32-17(10-9-12-31-27(29)30)22(36)34-21(15(4)5)25(39)35-20(14(2)3)24(38)33-18(26(40)41)11-13-42-7/h14-21H,8-13,28H2,1-7H3,(H,32,37)(H,33,38)(H,34,36)(H,35,39)(H,40,41)(H4,29,30,31)/t16-,17+,18+,19-,20+,21-/m0/s1. The number of aliphatic imine (C=N–C) groups is 1. The summed E-state index contributed by atoms with van der Waals surface area (Å²) in [6.07, 6.45) is 3.27. The van der Waals surface area contributed by atoms with E-state index in [-0.39, 0.29) is 37.2 Å². The first-order valence-electron chi connectivity index (χ1n) is 14.3. The number of hydrogen-bond donors (Lipinski definition) is 8. The van der Waals surface area contributed by atoms with Gasteiger partial charge >= 0.3 is 5.97 Å². The molecule has 0 aromatic carbocycles. The maximum absolute atomic E-state index is 13.4. The molecule has 0 saturated carbocycles. The lowest BCUT2D eigenvalue weighted by Crippen LogP contribution is -2.60. The molecule has 0 aliphatic carbocycles. The number of aliphatic carboxylic acids is 1. The zero-order valence-electron chi connectivity index (χ0n) is 25.9. The Bertz CT molecular complexity index is 928. The van der Waals surface area contributed by atoms with Crippen molar-refractivity contribution in [3.8, 4) is 0 Å². The van der Waals surface area contributed by atoms with Crippen LogP contribution in [0.15, 0.2) is 4.99 Å². The van der Waals surface area contributed by atoms with E-state index in [0.29, 0.717) is 18.6 Å². The van der Waals surface area contributed by atoms with Crippen LogP contribution >= 0.6 is 11.8 Å². The average molecular weight is 617 g/mol. The third-order valence-electron chi connectivity index (χ3n) is 6.86. The molecule has 0 spiro atoms. The van der Waals surface area contributed by atoms with Crippen molar-refractivity contribution in [2.24, 2.45) is 39.9 Å². The average Bonchev–Trinajstić information content (AvgIpc) is 2.91. The van der Waals surface area contributed by atoms with Crippen molar-refractivity contribution in [1.29, 1.82) is 0 Å². The van der Waals surface area contributed by atoms with Gasteiger partial charge in [-0.3, -0.25) is 24.2 Å². The molecule has 242 valence electrons. The van der Waals surface area contributed by atoms with E-state index in [1.807, 2.05) is 20.1 Å². The highest BCUT2D eigenvalue weighted by Gasteiger charge is 2.34. The van der Waals surface area contributed by atoms with E-state index in [9.17, 15) is 29.1 Å². The smallest absolute Gasteiger partial charge is 0.326 e. The lowest BCUT2D eigenvalue weighted by molar-refractivity contribution is -0.142. The summed E-state index contributed by atoms with van der Waals surface area (Å²) in [6.45, 7) is 10.8. The lowest BCUT2D eigenvalue weighted by atomic mass is 9.97. The highest BCUT2D eigenvalue weighted by molar-refractivity contribution is 7.98. The molecular weight excluding hydrogens is 564 g/mol. The normalized spacial score (nSPS) is 15.5. The van der Waals surface area contributed by atoms with Crippen molar-refractivity contribution in [2.45, 2.75) is 97.4 Å². The van der Waals surface area contributed by atoms with Gasteiger partial charge in [-0.15, -0.1) is 0 Å². The molecule has 15 heteroatoms. The second kappa shape index (κ2) is 19.9. The number of carboxylic acids is 1. The van der Waals surface area contributed by atoms with Gasteiger partial charge in [0.2, 0.25) is 23.6 Å². The Balaban J connectivity index is 5.79. The molecule has 11 N–H and O–H groups in total. The van der Waals surface area contributed by atoms with E-state index in [1.54, 1.807) is 27.7 Å². The van der Waals surface area contributed by atoms with E-state index in [2.05, 4.69) is 26.3 Å². The Morgan fingerprint density at radius 3 is 1.74 bits per heavy atom. The Morgan fingerprint density at radius 1 is 0.786 bits per heavy atom. The molecule has 4 amide bonds. The first kappa shape index (κ1) is 38.9. The summed E-state index contributed by atoms with van der Waals surface area (Å²) < 4.78 is 0. The van der Waals surface area contributed by atoms with Crippen LogP contribution in [0.2, 0.25) is 0 Å². The summed E-state index contributed by atoms with van der Waals surface area (Å²) in [6, 6.07) is -5.06. The van der Waals surface area contributed by atoms with Crippen LogP contribution in [-0.2, 0) is 24.0 Å². The molecule has 0 aliphatic heterocycles. The van der Waals surface area contributed by atoms with Crippen LogP contribution < -0.4 is 38.5 Å². The Kier molecular flexibility index (Phi) is 18.5. The topological polar surface area (TPSA) is 244 Å². The van der Waals surface area contributed by atoms with Crippen molar-refractivity contribution < 1.29 is 29.1 Å². The number of hydrogen-bond acceptors (Lipinski definition) is 8. The molecule has 42 heavy (non-hydrogen) atoms.